The van der Waals surface area contributed by atoms with Crippen molar-refractivity contribution in [3.05, 3.63) is 18.2 Å². The summed E-state index contributed by atoms with van der Waals surface area (Å²) in [6, 6.07) is 6.90. The van der Waals surface area contributed by atoms with Crippen LogP contribution in [0.25, 0.3) is 0 Å². The van der Waals surface area contributed by atoms with E-state index in [0.29, 0.717) is 18.5 Å². The molecule has 0 aliphatic carbocycles. The molecule has 2 fully saturated rings. The van der Waals surface area contributed by atoms with Crippen molar-refractivity contribution < 1.29 is 9.53 Å². The van der Waals surface area contributed by atoms with Crippen molar-refractivity contribution in [1.29, 1.82) is 0 Å². The van der Waals surface area contributed by atoms with Crippen molar-refractivity contribution in [2.75, 3.05) is 55.7 Å². The van der Waals surface area contributed by atoms with Crippen molar-refractivity contribution >= 4 is 23.2 Å². The zero-order chi connectivity index (χ0) is 21.7. The van der Waals surface area contributed by atoms with Gasteiger partial charge in [0.15, 0.2) is 0 Å². The lowest BCUT2D eigenvalue weighted by atomic mass is 9.96. The molecule has 4 N–H and O–H groups in total. The summed E-state index contributed by atoms with van der Waals surface area (Å²) in [5.41, 5.74) is 9.01. The van der Waals surface area contributed by atoms with Crippen LogP contribution in [-0.4, -0.2) is 62.4 Å². The summed E-state index contributed by atoms with van der Waals surface area (Å²) in [6.45, 7) is 10.5. The van der Waals surface area contributed by atoms with Crippen molar-refractivity contribution in [3.8, 4) is 0 Å². The van der Waals surface area contributed by atoms with Crippen LogP contribution < -0.4 is 21.3 Å². The fourth-order valence-corrected chi connectivity index (χ4v) is 4.24. The van der Waals surface area contributed by atoms with E-state index in [2.05, 4.69) is 45.7 Å². The molecule has 2 heterocycles. The lowest BCUT2D eigenvalue weighted by Crippen LogP contribution is -2.40. The van der Waals surface area contributed by atoms with E-state index in [1.165, 1.54) is 12.8 Å². The van der Waals surface area contributed by atoms with Crippen LogP contribution in [0.4, 0.5) is 21.9 Å². The second kappa shape index (κ2) is 9.77. The number of nitrogen functional groups attached to an aromatic ring is 1. The summed E-state index contributed by atoms with van der Waals surface area (Å²) in [7, 11) is 2.18. The summed E-state index contributed by atoms with van der Waals surface area (Å²) in [6.07, 6.45) is 4.07. The van der Waals surface area contributed by atoms with Gasteiger partial charge in [0.1, 0.15) is 5.60 Å². The van der Waals surface area contributed by atoms with E-state index >= 15 is 0 Å². The molecule has 0 aromatic heterocycles. The van der Waals surface area contributed by atoms with E-state index in [-0.39, 0.29) is 6.09 Å². The Morgan fingerprint density at radius 3 is 2.40 bits per heavy atom. The molecule has 0 radical (unpaired) electrons. The van der Waals surface area contributed by atoms with Gasteiger partial charge in [-0.05, 0) is 90.7 Å². The van der Waals surface area contributed by atoms with Crippen LogP contribution in [0.1, 0.15) is 46.5 Å². The maximum absolute atomic E-state index is 11.9. The highest BCUT2D eigenvalue weighted by molar-refractivity contribution is 5.73. The number of nitrogens with zero attached hydrogens (tertiary/aromatic N) is 2. The molecule has 7 heteroatoms. The third kappa shape index (κ3) is 6.69. The van der Waals surface area contributed by atoms with Gasteiger partial charge in [-0.3, -0.25) is 0 Å². The minimum atomic E-state index is -0.459. The van der Waals surface area contributed by atoms with Gasteiger partial charge in [-0.2, -0.15) is 0 Å². The Balaban J connectivity index is 1.45. The summed E-state index contributed by atoms with van der Waals surface area (Å²) in [4.78, 5) is 16.6. The number of benzene rings is 1. The largest absolute Gasteiger partial charge is 0.444 e. The molecule has 30 heavy (non-hydrogen) atoms. The number of piperidine rings is 2. The van der Waals surface area contributed by atoms with E-state index in [9.17, 15) is 4.79 Å². The maximum Gasteiger partial charge on any atom is 0.407 e. The number of nitrogens with one attached hydrogen (secondary N) is 2. The van der Waals surface area contributed by atoms with E-state index in [0.717, 1.165) is 56.1 Å². The van der Waals surface area contributed by atoms with Gasteiger partial charge in [0.2, 0.25) is 0 Å². The van der Waals surface area contributed by atoms with Gasteiger partial charge in [-0.1, -0.05) is 0 Å². The summed E-state index contributed by atoms with van der Waals surface area (Å²) >= 11 is 0. The Morgan fingerprint density at radius 1 is 1.13 bits per heavy atom. The zero-order valence-corrected chi connectivity index (χ0v) is 19.0. The normalized spacial score (nSPS) is 19.5. The zero-order valence-electron chi connectivity index (χ0n) is 19.0. The molecule has 2 saturated heterocycles. The standard InChI is InChI=1S/C23H39N5O2/c1-23(2,3)30-22(29)25-16-17-7-13-28(14-8-17)21-6-5-19(15-20(21)24)26-18-9-11-27(4)12-10-18/h5-6,15,17-18,26H,7-14,16,24H2,1-4H3,(H,25,29). The number of carbonyl (C=O) groups is 1. The van der Waals surface area contributed by atoms with Crippen LogP contribution in [0.5, 0.6) is 0 Å². The average molecular weight is 418 g/mol. The molecule has 0 bridgehead atoms. The van der Waals surface area contributed by atoms with Gasteiger partial charge in [-0.25, -0.2) is 4.79 Å². The Morgan fingerprint density at radius 2 is 1.80 bits per heavy atom. The monoisotopic (exact) mass is 417 g/mol. The number of hydrogen-bond donors (Lipinski definition) is 3. The number of likely N-dealkylation sites (tertiary alicyclic amines) is 1. The van der Waals surface area contributed by atoms with E-state index in [4.69, 9.17) is 10.5 Å². The second-order valence-electron chi connectivity index (χ2n) is 9.81. The van der Waals surface area contributed by atoms with Crippen LogP contribution in [-0.2, 0) is 4.74 Å². The summed E-state index contributed by atoms with van der Waals surface area (Å²) in [5, 5.41) is 6.55. The molecule has 1 aromatic carbocycles. The third-order valence-electron chi connectivity index (χ3n) is 6.01. The fourth-order valence-electron chi connectivity index (χ4n) is 4.24. The number of nitrogens with two attached hydrogens (primary N) is 1. The van der Waals surface area contributed by atoms with Gasteiger partial charge in [0.05, 0.1) is 11.4 Å². The highest BCUT2D eigenvalue weighted by Gasteiger charge is 2.23. The number of hydrogen-bond acceptors (Lipinski definition) is 6. The highest BCUT2D eigenvalue weighted by Crippen LogP contribution is 2.31. The topological polar surface area (TPSA) is 82.9 Å². The summed E-state index contributed by atoms with van der Waals surface area (Å²) in [5.74, 6) is 0.473. The lowest BCUT2D eigenvalue weighted by Gasteiger charge is -2.35. The van der Waals surface area contributed by atoms with Crippen molar-refractivity contribution in [1.82, 2.24) is 10.2 Å². The minimum absolute atomic E-state index is 0.332. The Bertz CT molecular complexity index is 702. The number of carbonyl (C=O) groups excluding carboxylic acids is 1. The molecule has 0 unspecified atom stereocenters. The van der Waals surface area contributed by atoms with Gasteiger partial charge in [0, 0.05) is 31.4 Å². The van der Waals surface area contributed by atoms with E-state index in [1.54, 1.807) is 0 Å². The number of ether oxygens (including phenoxy) is 1. The van der Waals surface area contributed by atoms with Crippen LogP contribution in [0.2, 0.25) is 0 Å². The average Bonchev–Trinajstić information content (AvgIpc) is 2.68. The SMILES string of the molecule is CN1CCC(Nc2ccc(N3CCC(CNC(=O)OC(C)(C)C)CC3)c(N)c2)CC1. The van der Waals surface area contributed by atoms with Gasteiger partial charge in [-0.15, -0.1) is 0 Å². The molecule has 0 saturated carbocycles. The Hall–Kier alpha value is -2.15. The first kappa shape index (κ1) is 22.5. The molecule has 168 valence electrons. The number of alkyl carbamates (subject to hydrolysis) is 1. The van der Waals surface area contributed by atoms with Crippen molar-refractivity contribution in [3.63, 3.8) is 0 Å². The molecular weight excluding hydrogens is 378 g/mol. The number of amides is 1. The first-order chi connectivity index (χ1) is 14.2. The molecular formula is C23H39N5O2. The molecule has 1 amide bonds. The molecule has 1 aromatic rings. The molecule has 2 aliphatic rings. The smallest absolute Gasteiger partial charge is 0.407 e. The van der Waals surface area contributed by atoms with Gasteiger partial charge in [0.25, 0.3) is 0 Å². The van der Waals surface area contributed by atoms with Crippen LogP contribution in [0.15, 0.2) is 18.2 Å². The predicted molar refractivity (Wildman–Crippen MR) is 124 cm³/mol. The third-order valence-corrected chi connectivity index (χ3v) is 6.01. The molecule has 0 atom stereocenters. The molecule has 0 spiro atoms. The van der Waals surface area contributed by atoms with Gasteiger partial charge < -0.3 is 30.9 Å². The first-order valence-electron chi connectivity index (χ1n) is 11.3. The molecule has 2 aliphatic heterocycles. The lowest BCUT2D eigenvalue weighted by molar-refractivity contribution is 0.0517. The maximum atomic E-state index is 11.9. The molecule has 3 rings (SSSR count). The highest BCUT2D eigenvalue weighted by atomic mass is 16.6. The predicted octanol–water partition coefficient (Wildman–Crippen LogP) is 3.52. The first-order valence-corrected chi connectivity index (χ1v) is 11.3. The van der Waals surface area contributed by atoms with Crippen molar-refractivity contribution in [2.24, 2.45) is 5.92 Å². The van der Waals surface area contributed by atoms with Gasteiger partial charge >= 0.3 is 6.09 Å². The van der Waals surface area contributed by atoms with Crippen LogP contribution >= 0.6 is 0 Å². The summed E-state index contributed by atoms with van der Waals surface area (Å²) < 4.78 is 5.32. The van der Waals surface area contributed by atoms with Crippen LogP contribution in [0.3, 0.4) is 0 Å². The van der Waals surface area contributed by atoms with Crippen LogP contribution in [0, 0.1) is 5.92 Å². The van der Waals surface area contributed by atoms with E-state index in [1.807, 2.05) is 20.8 Å². The second-order valence-corrected chi connectivity index (χ2v) is 9.81. The molecule has 7 nitrogen and oxygen atoms in total. The number of anilines is 3. The Labute approximate surface area is 181 Å². The Kier molecular flexibility index (Phi) is 7.34. The fraction of sp³-hybridized carbons (Fsp3) is 0.696. The number of rotatable bonds is 5. The minimum Gasteiger partial charge on any atom is -0.444 e. The van der Waals surface area contributed by atoms with E-state index < -0.39 is 5.60 Å². The van der Waals surface area contributed by atoms with Crippen molar-refractivity contribution in [2.45, 2.75) is 58.1 Å². The quantitative estimate of drug-likeness (QED) is 0.636.